The average molecular weight is 267 g/mol. The van der Waals surface area contributed by atoms with E-state index in [1.165, 1.54) is 6.08 Å². The third-order valence-electron chi connectivity index (χ3n) is 2.10. The van der Waals surface area contributed by atoms with Gasteiger partial charge < -0.3 is 9.84 Å². The monoisotopic (exact) mass is 266 g/mol. The van der Waals surface area contributed by atoms with E-state index in [9.17, 15) is 4.79 Å². The zero-order valence-electron chi connectivity index (χ0n) is 10.3. The molecule has 0 heterocycles. The van der Waals surface area contributed by atoms with Crippen molar-refractivity contribution in [2.45, 2.75) is 20.0 Å². The Labute approximate surface area is 111 Å². The van der Waals surface area contributed by atoms with Crippen molar-refractivity contribution < 1.29 is 14.6 Å². The van der Waals surface area contributed by atoms with Gasteiger partial charge in [0.2, 0.25) is 0 Å². The summed E-state index contributed by atoms with van der Waals surface area (Å²) in [5, 5.41) is 9.12. The lowest BCUT2D eigenvalue weighted by Crippen LogP contribution is -2.08. The maximum absolute atomic E-state index is 10.4. The van der Waals surface area contributed by atoms with Gasteiger partial charge in [-0.2, -0.15) is 0 Å². The van der Waals surface area contributed by atoms with E-state index in [-0.39, 0.29) is 6.10 Å². The molecule has 1 rings (SSSR count). The predicted octanol–water partition coefficient (Wildman–Crippen LogP) is 3.69. The first-order chi connectivity index (χ1) is 8.47. The van der Waals surface area contributed by atoms with E-state index in [1.807, 2.05) is 32.1 Å². The van der Waals surface area contributed by atoms with Crippen molar-refractivity contribution in [3.8, 4) is 5.75 Å². The molecule has 0 saturated heterocycles. The molecule has 0 radical (unpaired) electrons. The molecule has 0 spiro atoms. The summed E-state index contributed by atoms with van der Waals surface area (Å²) in [5.41, 5.74) is 0.826. The first kappa shape index (κ1) is 14.3. The number of aliphatic carboxylic acids is 1. The molecule has 0 bridgehead atoms. The molecule has 4 heteroatoms. The maximum Gasteiger partial charge on any atom is 0.328 e. The van der Waals surface area contributed by atoms with Gasteiger partial charge in [-0.25, -0.2) is 4.79 Å². The predicted molar refractivity (Wildman–Crippen MR) is 72.1 cm³/mol. The highest BCUT2D eigenvalue weighted by Gasteiger charge is 2.01. The largest absolute Gasteiger partial charge is 0.487 e. The summed E-state index contributed by atoms with van der Waals surface area (Å²) in [6.45, 7) is 3.69. The van der Waals surface area contributed by atoms with Crippen molar-refractivity contribution in [1.29, 1.82) is 0 Å². The van der Waals surface area contributed by atoms with Crippen LogP contribution >= 0.6 is 11.6 Å². The Morgan fingerprint density at radius 1 is 1.44 bits per heavy atom. The van der Waals surface area contributed by atoms with Gasteiger partial charge in [0.05, 0.1) is 0 Å². The van der Waals surface area contributed by atoms with Crippen molar-refractivity contribution in [3.63, 3.8) is 0 Å². The van der Waals surface area contributed by atoms with Gasteiger partial charge in [0.1, 0.15) is 11.9 Å². The van der Waals surface area contributed by atoms with Crippen LogP contribution in [0.25, 0.3) is 0 Å². The summed E-state index contributed by atoms with van der Waals surface area (Å²) < 4.78 is 5.63. The van der Waals surface area contributed by atoms with Crippen LogP contribution in [0.15, 0.2) is 48.1 Å². The molecular formula is C14H15ClO3. The lowest BCUT2D eigenvalue weighted by Gasteiger charge is -2.11. The SMILES string of the molecule is CC(/C=C/C(=O)O)=C\C(C)Oc1cccc(Cl)c1. The summed E-state index contributed by atoms with van der Waals surface area (Å²) in [6.07, 6.45) is 4.29. The molecule has 3 nitrogen and oxygen atoms in total. The van der Waals surface area contributed by atoms with Crippen molar-refractivity contribution in [1.82, 2.24) is 0 Å². The van der Waals surface area contributed by atoms with Crippen LogP contribution < -0.4 is 4.74 Å². The molecule has 0 aliphatic heterocycles. The number of halogens is 1. The Morgan fingerprint density at radius 3 is 2.78 bits per heavy atom. The van der Waals surface area contributed by atoms with E-state index in [0.29, 0.717) is 10.8 Å². The van der Waals surface area contributed by atoms with Gasteiger partial charge in [-0.3, -0.25) is 0 Å². The standard InChI is InChI=1S/C14H15ClO3/c1-10(6-7-14(16)17)8-11(2)18-13-5-3-4-12(15)9-13/h3-9,11H,1-2H3,(H,16,17)/b7-6+,10-8+. The fourth-order valence-electron chi connectivity index (χ4n) is 1.42. The Kier molecular flexibility index (Phi) is 5.46. The van der Waals surface area contributed by atoms with Crippen molar-refractivity contribution in [2.75, 3.05) is 0 Å². The Bertz CT molecular complexity index is 478. The number of hydrogen-bond donors (Lipinski definition) is 1. The molecule has 0 aliphatic carbocycles. The lowest BCUT2D eigenvalue weighted by atomic mass is 10.2. The van der Waals surface area contributed by atoms with E-state index in [0.717, 1.165) is 11.6 Å². The third-order valence-corrected chi connectivity index (χ3v) is 2.34. The van der Waals surface area contributed by atoms with Gasteiger partial charge in [-0.1, -0.05) is 29.3 Å². The smallest absolute Gasteiger partial charge is 0.328 e. The highest BCUT2D eigenvalue weighted by atomic mass is 35.5. The van der Waals surface area contributed by atoms with Crippen LogP contribution in [0.1, 0.15) is 13.8 Å². The Balaban J connectivity index is 2.63. The topological polar surface area (TPSA) is 46.5 Å². The number of carbonyl (C=O) groups is 1. The molecule has 0 aromatic heterocycles. The summed E-state index contributed by atoms with van der Waals surface area (Å²) in [7, 11) is 0. The number of ether oxygens (including phenoxy) is 1. The zero-order valence-corrected chi connectivity index (χ0v) is 11.0. The summed E-state index contributed by atoms with van der Waals surface area (Å²) in [6, 6.07) is 7.13. The Morgan fingerprint density at radius 2 is 2.17 bits per heavy atom. The number of rotatable bonds is 5. The summed E-state index contributed by atoms with van der Waals surface area (Å²) >= 11 is 5.85. The van der Waals surface area contributed by atoms with Crippen LogP contribution in [0, 0.1) is 0 Å². The fraction of sp³-hybridized carbons (Fsp3) is 0.214. The second-order valence-electron chi connectivity index (χ2n) is 3.86. The van der Waals surface area contributed by atoms with Crippen LogP contribution in [-0.4, -0.2) is 17.2 Å². The van der Waals surface area contributed by atoms with Crippen LogP contribution in [-0.2, 0) is 4.79 Å². The first-order valence-electron chi connectivity index (χ1n) is 5.49. The average Bonchev–Trinajstić information content (AvgIpc) is 2.26. The maximum atomic E-state index is 10.4. The quantitative estimate of drug-likeness (QED) is 0.653. The molecule has 1 N–H and O–H groups in total. The minimum absolute atomic E-state index is 0.165. The molecule has 0 amide bonds. The van der Waals surface area contributed by atoms with Crippen LogP contribution in [0.2, 0.25) is 5.02 Å². The van der Waals surface area contributed by atoms with Crippen molar-refractivity contribution in [3.05, 3.63) is 53.1 Å². The molecular weight excluding hydrogens is 252 g/mol. The number of carboxylic acids is 1. The summed E-state index contributed by atoms with van der Waals surface area (Å²) in [4.78, 5) is 10.4. The van der Waals surface area contributed by atoms with Gasteiger partial charge in [0.25, 0.3) is 0 Å². The molecule has 1 unspecified atom stereocenters. The summed E-state index contributed by atoms with van der Waals surface area (Å²) in [5.74, 6) is -0.285. The van der Waals surface area contributed by atoms with E-state index >= 15 is 0 Å². The van der Waals surface area contributed by atoms with Gasteiger partial charge in [-0.05, 0) is 38.1 Å². The minimum Gasteiger partial charge on any atom is -0.487 e. The second-order valence-corrected chi connectivity index (χ2v) is 4.30. The van der Waals surface area contributed by atoms with Crippen LogP contribution in [0.3, 0.4) is 0 Å². The molecule has 1 atom stereocenters. The highest BCUT2D eigenvalue weighted by Crippen LogP contribution is 2.18. The molecule has 0 aliphatic rings. The van der Waals surface area contributed by atoms with E-state index in [2.05, 4.69) is 0 Å². The molecule has 18 heavy (non-hydrogen) atoms. The van der Waals surface area contributed by atoms with E-state index < -0.39 is 5.97 Å². The van der Waals surface area contributed by atoms with Crippen LogP contribution in [0.4, 0.5) is 0 Å². The molecule has 0 fully saturated rings. The van der Waals surface area contributed by atoms with E-state index in [4.69, 9.17) is 21.4 Å². The Hall–Kier alpha value is -1.74. The second kappa shape index (κ2) is 6.87. The molecule has 1 aromatic carbocycles. The van der Waals surface area contributed by atoms with Crippen LogP contribution in [0.5, 0.6) is 5.75 Å². The van der Waals surface area contributed by atoms with Crippen molar-refractivity contribution in [2.24, 2.45) is 0 Å². The van der Waals surface area contributed by atoms with E-state index in [1.54, 1.807) is 12.1 Å². The van der Waals surface area contributed by atoms with Crippen molar-refractivity contribution >= 4 is 17.6 Å². The highest BCUT2D eigenvalue weighted by molar-refractivity contribution is 6.30. The van der Waals surface area contributed by atoms with Gasteiger partial charge in [0, 0.05) is 11.1 Å². The molecule has 0 saturated carbocycles. The molecule has 96 valence electrons. The number of carboxylic acid groups (broad SMARTS) is 1. The minimum atomic E-state index is -0.967. The number of benzene rings is 1. The normalized spacial score (nSPS) is 13.6. The van der Waals surface area contributed by atoms with Gasteiger partial charge in [0.15, 0.2) is 0 Å². The first-order valence-corrected chi connectivity index (χ1v) is 5.87. The fourth-order valence-corrected chi connectivity index (χ4v) is 1.60. The zero-order chi connectivity index (χ0) is 13.5. The lowest BCUT2D eigenvalue weighted by molar-refractivity contribution is -0.131. The van der Waals surface area contributed by atoms with Gasteiger partial charge in [-0.15, -0.1) is 0 Å². The van der Waals surface area contributed by atoms with Gasteiger partial charge >= 0.3 is 5.97 Å². The molecule has 1 aromatic rings. The third kappa shape index (κ3) is 5.55. The number of allylic oxidation sites excluding steroid dienone is 2. The number of hydrogen-bond acceptors (Lipinski definition) is 2.